The first-order valence-corrected chi connectivity index (χ1v) is 5.39. The van der Waals surface area contributed by atoms with Crippen molar-refractivity contribution in [3.05, 3.63) is 36.3 Å². The lowest BCUT2D eigenvalue weighted by atomic mass is 10.1. The molecule has 0 aliphatic heterocycles. The minimum Gasteiger partial charge on any atom is -0.374 e. The topological polar surface area (TPSA) is 26.5 Å². The monoisotopic (exact) mass is 204 g/mol. The Bertz CT molecular complexity index is 436. The van der Waals surface area contributed by atoms with Gasteiger partial charge in [0.1, 0.15) is 5.65 Å². The molecular formula is C12H16N2O. The molecule has 1 unspecified atom stereocenters. The number of rotatable bonds is 4. The van der Waals surface area contributed by atoms with Crippen LogP contribution in [0.15, 0.2) is 30.7 Å². The Labute approximate surface area is 89.7 Å². The van der Waals surface area contributed by atoms with Gasteiger partial charge in [-0.3, -0.25) is 0 Å². The lowest BCUT2D eigenvalue weighted by molar-refractivity contribution is 0.0595. The van der Waals surface area contributed by atoms with Gasteiger partial charge in [0, 0.05) is 25.2 Å². The number of aromatic nitrogens is 2. The third-order valence-corrected chi connectivity index (χ3v) is 2.52. The highest BCUT2D eigenvalue weighted by molar-refractivity contribution is 5.39. The fourth-order valence-corrected chi connectivity index (χ4v) is 1.78. The van der Waals surface area contributed by atoms with E-state index in [1.807, 2.05) is 23.6 Å². The van der Waals surface area contributed by atoms with Crippen LogP contribution < -0.4 is 0 Å². The van der Waals surface area contributed by atoms with Crippen molar-refractivity contribution < 1.29 is 4.74 Å². The van der Waals surface area contributed by atoms with Gasteiger partial charge in [-0.15, -0.1) is 0 Å². The van der Waals surface area contributed by atoms with Crippen LogP contribution in [0.2, 0.25) is 0 Å². The van der Waals surface area contributed by atoms with Crippen LogP contribution in [0.1, 0.15) is 31.9 Å². The van der Waals surface area contributed by atoms with Crippen LogP contribution >= 0.6 is 0 Å². The molecule has 0 spiro atoms. The largest absolute Gasteiger partial charge is 0.374 e. The Morgan fingerprint density at radius 3 is 3.00 bits per heavy atom. The van der Waals surface area contributed by atoms with Gasteiger partial charge in [-0.1, -0.05) is 13.0 Å². The van der Waals surface area contributed by atoms with E-state index < -0.39 is 0 Å². The fraction of sp³-hybridized carbons (Fsp3) is 0.417. The summed E-state index contributed by atoms with van der Waals surface area (Å²) in [6, 6.07) is 4.11. The first-order chi connectivity index (χ1) is 7.35. The van der Waals surface area contributed by atoms with Gasteiger partial charge in [-0.05, 0) is 25.0 Å². The highest BCUT2D eigenvalue weighted by Gasteiger charge is 2.09. The third-order valence-electron chi connectivity index (χ3n) is 2.52. The second-order valence-electron chi connectivity index (χ2n) is 3.51. The summed E-state index contributed by atoms with van der Waals surface area (Å²) in [4.78, 5) is 4.21. The van der Waals surface area contributed by atoms with E-state index in [2.05, 4.69) is 24.2 Å². The summed E-state index contributed by atoms with van der Waals surface area (Å²) in [5.41, 5.74) is 2.19. The number of nitrogens with zero attached hydrogens (tertiary/aromatic N) is 2. The van der Waals surface area contributed by atoms with Gasteiger partial charge in [0.25, 0.3) is 0 Å². The number of hydrogen-bond donors (Lipinski definition) is 0. The summed E-state index contributed by atoms with van der Waals surface area (Å²) in [6.07, 6.45) is 7.04. The van der Waals surface area contributed by atoms with Crippen LogP contribution in [-0.2, 0) is 4.74 Å². The van der Waals surface area contributed by atoms with Crippen LogP contribution in [0.25, 0.3) is 5.65 Å². The molecule has 2 heterocycles. The van der Waals surface area contributed by atoms with E-state index in [1.165, 1.54) is 5.56 Å². The van der Waals surface area contributed by atoms with E-state index in [4.69, 9.17) is 4.74 Å². The van der Waals surface area contributed by atoms with Crippen molar-refractivity contribution in [1.29, 1.82) is 0 Å². The maximum absolute atomic E-state index is 5.67. The molecule has 0 aliphatic rings. The highest BCUT2D eigenvalue weighted by Crippen LogP contribution is 2.20. The maximum atomic E-state index is 5.67. The average Bonchev–Trinajstić information content (AvgIpc) is 2.72. The molecule has 0 radical (unpaired) electrons. The zero-order chi connectivity index (χ0) is 10.7. The molecule has 3 nitrogen and oxygen atoms in total. The summed E-state index contributed by atoms with van der Waals surface area (Å²) in [7, 11) is 0. The molecule has 0 amide bonds. The second-order valence-corrected chi connectivity index (χ2v) is 3.51. The van der Waals surface area contributed by atoms with Gasteiger partial charge < -0.3 is 9.14 Å². The van der Waals surface area contributed by atoms with Gasteiger partial charge in [0.2, 0.25) is 0 Å². The van der Waals surface area contributed by atoms with Crippen molar-refractivity contribution >= 4 is 5.65 Å². The maximum Gasteiger partial charge on any atom is 0.136 e. The predicted octanol–water partition coefficient (Wildman–Crippen LogP) is 2.82. The van der Waals surface area contributed by atoms with Crippen molar-refractivity contribution in [3.8, 4) is 0 Å². The second kappa shape index (κ2) is 4.45. The molecule has 0 aromatic carbocycles. The average molecular weight is 204 g/mol. The Kier molecular flexibility index (Phi) is 3.02. The smallest absolute Gasteiger partial charge is 0.136 e. The molecule has 80 valence electrons. The number of fused-ring (bicyclic) bond motifs is 1. The zero-order valence-corrected chi connectivity index (χ0v) is 9.18. The molecule has 0 saturated heterocycles. The molecular weight excluding hydrogens is 188 g/mol. The van der Waals surface area contributed by atoms with E-state index in [1.54, 1.807) is 6.20 Å². The zero-order valence-electron chi connectivity index (χ0n) is 9.18. The first kappa shape index (κ1) is 10.2. The Balaban J connectivity index is 2.33. The molecule has 2 aromatic rings. The van der Waals surface area contributed by atoms with Crippen molar-refractivity contribution in [3.63, 3.8) is 0 Å². The van der Waals surface area contributed by atoms with Crippen molar-refractivity contribution in [1.82, 2.24) is 9.38 Å². The van der Waals surface area contributed by atoms with Gasteiger partial charge in [0.05, 0.1) is 6.10 Å². The normalized spacial score (nSPS) is 13.2. The molecule has 0 saturated carbocycles. The Morgan fingerprint density at radius 2 is 2.27 bits per heavy atom. The predicted molar refractivity (Wildman–Crippen MR) is 59.9 cm³/mol. The van der Waals surface area contributed by atoms with E-state index in [9.17, 15) is 0 Å². The standard InChI is InChI=1S/C12H16N2O/c1-3-11(15-4-2)10-5-6-12-13-7-8-14(12)9-10/h5-9,11H,3-4H2,1-2H3. The molecule has 15 heavy (non-hydrogen) atoms. The van der Waals surface area contributed by atoms with E-state index >= 15 is 0 Å². The fourth-order valence-electron chi connectivity index (χ4n) is 1.78. The molecule has 2 aromatic heterocycles. The Morgan fingerprint density at radius 1 is 1.40 bits per heavy atom. The summed E-state index contributed by atoms with van der Waals surface area (Å²) >= 11 is 0. The lowest BCUT2D eigenvalue weighted by Gasteiger charge is -2.15. The van der Waals surface area contributed by atoms with E-state index in [0.717, 1.165) is 18.7 Å². The van der Waals surface area contributed by atoms with Crippen molar-refractivity contribution in [2.75, 3.05) is 6.61 Å². The Hall–Kier alpha value is -1.35. The van der Waals surface area contributed by atoms with Crippen LogP contribution in [0.4, 0.5) is 0 Å². The van der Waals surface area contributed by atoms with Gasteiger partial charge in [-0.2, -0.15) is 0 Å². The molecule has 0 N–H and O–H groups in total. The summed E-state index contributed by atoms with van der Waals surface area (Å²) in [6.45, 7) is 4.91. The van der Waals surface area contributed by atoms with Crippen LogP contribution in [0.5, 0.6) is 0 Å². The SMILES string of the molecule is CCOC(CC)c1ccc2nccn2c1. The molecule has 0 bridgehead atoms. The minimum atomic E-state index is 0.196. The van der Waals surface area contributed by atoms with Crippen LogP contribution in [-0.4, -0.2) is 16.0 Å². The molecule has 3 heteroatoms. The van der Waals surface area contributed by atoms with Crippen LogP contribution in [0.3, 0.4) is 0 Å². The number of hydrogen-bond acceptors (Lipinski definition) is 2. The minimum absolute atomic E-state index is 0.196. The molecule has 0 aliphatic carbocycles. The number of ether oxygens (including phenoxy) is 1. The van der Waals surface area contributed by atoms with Crippen molar-refractivity contribution in [2.24, 2.45) is 0 Å². The first-order valence-electron chi connectivity index (χ1n) is 5.39. The summed E-state index contributed by atoms with van der Waals surface area (Å²) in [5.74, 6) is 0. The summed E-state index contributed by atoms with van der Waals surface area (Å²) in [5, 5.41) is 0. The molecule has 0 fully saturated rings. The van der Waals surface area contributed by atoms with Crippen LogP contribution in [0, 0.1) is 0 Å². The number of pyridine rings is 1. The van der Waals surface area contributed by atoms with Gasteiger partial charge in [0.15, 0.2) is 0 Å². The third kappa shape index (κ3) is 2.02. The number of imidazole rings is 1. The van der Waals surface area contributed by atoms with Crippen molar-refractivity contribution in [2.45, 2.75) is 26.4 Å². The molecule has 1 atom stereocenters. The van der Waals surface area contributed by atoms with Gasteiger partial charge >= 0.3 is 0 Å². The van der Waals surface area contributed by atoms with E-state index in [-0.39, 0.29) is 6.10 Å². The lowest BCUT2D eigenvalue weighted by Crippen LogP contribution is -2.03. The molecule has 2 rings (SSSR count). The van der Waals surface area contributed by atoms with Gasteiger partial charge in [-0.25, -0.2) is 4.98 Å². The quantitative estimate of drug-likeness (QED) is 0.765. The highest BCUT2D eigenvalue weighted by atomic mass is 16.5. The summed E-state index contributed by atoms with van der Waals surface area (Å²) < 4.78 is 7.69. The van der Waals surface area contributed by atoms with E-state index in [0.29, 0.717) is 0 Å².